The molecule has 1 heterocycles. The second-order valence-electron chi connectivity index (χ2n) is 2.25. The van der Waals surface area contributed by atoms with Crippen LogP contribution in [0.2, 0.25) is 0 Å². The van der Waals surface area contributed by atoms with E-state index in [-0.39, 0.29) is 6.10 Å². The summed E-state index contributed by atoms with van der Waals surface area (Å²) in [6, 6.07) is 2.02. The lowest BCUT2D eigenvalue weighted by Crippen LogP contribution is -1.85. The van der Waals surface area contributed by atoms with Gasteiger partial charge in [0.15, 0.2) is 0 Å². The van der Waals surface area contributed by atoms with E-state index in [4.69, 9.17) is 0 Å². The summed E-state index contributed by atoms with van der Waals surface area (Å²) < 4.78 is 1.02. The van der Waals surface area contributed by atoms with Crippen LogP contribution in [0.4, 0.5) is 0 Å². The molecule has 10 heavy (non-hydrogen) atoms. The molecule has 0 bridgehead atoms. The van der Waals surface area contributed by atoms with Gasteiger partial charge in [-0.2, -0.15) is 0 Å². The Morgan fingerprint density at radius 1 is 1.70 bits per heavy atom. The van der Waals surface area contributed by atoms with Crippen molar-refractivity contribution in [3.05, 3.63) is 20.3 Å². The average Bonchev–Trinajstić information content (AvgIpc) is 2.10. The van der Waals surface area contributed by atoms with Gasteiger partial charge in [-0.3, -0.25) is 0 Å². The van der Waals surface area contributed by atoms with Crippen molar-refractivity contribution in [1.29, 1.82) is 0 Å². The third-order valence-electron chi connectivity index (χ3n) is 1.22. The van der Waals surface area contributed by atoms with Gasteiger partial charge in [0.1, 0.15) is 0 Å². The highest BCUT2D eigenvalue weighted by atomic mass is 79.9. The maximum Gasteiger partial charge on any atom is 0.0865 e. The molecule has 0 spiro atoms. The summed E-state index contributed by atoms with van der Waals surface area (Å²) in [7, 11) is 0. The van der Waals surface area contributed by atoms with Crippen LogP contribution in [0.1, 0.15) is 22.8 Å². The molecule has 1 atom stereocenters. The summed E-state index contributed by atoms with van der Waals surface area (Å²) in [5.41, 5.74) is 0. The minimum absolute atomic E-state index is 0.354. The fraction of sp³-hybridized carbons (Fsp3) is 0.429. The standard InChI is InChI=1S/C7H9BrOS/c1-4-3-6(8)7(10-4)5(2)9/h3,5,9H,1-2H3/t5-/m0/s1. The van der Waals surface area contributed by atoms with E-state index >= 15 is 0 Å². The number of rotatable bonds is 1. The first-order valence-corrected chi connectivity index (χ1v) is 4.66. The SMILES string of the molecule is Cc1cc(Br)c([C@H](C)O)s1. The molecule has 0 saturated carbocycles. The van der Waals surface area contributed by atoms with Gasteiger partial charge >= 0.3 is 0 Å². The summed E-state index contributed by atoms with van der Waals surface area (Å²) in [6.45, 7) is 3.80. The predicted molar refractivity (Wildman–Crippen MR) is 47.4 cm³/mol. The molecule has 0 radical (unpaired) electrons. The molecule has 1 aromatic rings. The van der Waals surface area contributed by atoms with E-state index in [1.165, 1.54) is 4.88 Å². The molecule has 0 aliphatic heterocycles. The van der Waals surface area contributed by atoms with Crippen LogP contribution < -0.4 is 0 Å². The lowest BCUT2D eigenvalue weighted by Gasteiger charge is -1.98. The Labute approximate surface area is 72.8 Å². The van der Waals surface area contributed by atoms with Crippen LogP contribution in [0.5, 0.6) is 0 Å². The van der Waals surface area contributed by atoms with E-state index in [9.17, 15) is 5.11 Å². The lowest BCUT2D eigenvalue weighted by atomic mass is 10.3. The highest BCUT2D eigenvalue weighted by Gasteiger charge is 2.08. The second-order valence-corrected chi connectivity index (χ2v) is 4.39. The maximum absolute atomic E-state index is 9.20. The van der Waals surface area contributed by atoms with Gasteiger partial charge in [-0.25, -0.2) is 0 Å². The van der Waals surface area contributed by atoms with Gasteiger partial charge in [0.25, 0.3) is 0 Å². The topological polar surface area (TPSA) is 20.2 Å². The largest absolute Gasteiger partial charge is 0.388 e. The van der Waals surface area contributed by atoms with Crippen LogP contribution in [0.3, 0.4) is 0 Å². The smallest absolute Gasteiger partial charge is 0.0865 e. The lowest BCUT2D eigenvalue weighted by molar-refractivity contribution is 0.202. The van der Waals surface area contributed by atoms with Gasteiger partial charge in [-0.05, 0) is 35.8 Å². The maximum atomic E-state index is 9.20. The molecule has 0 aromatic carbocycles. The Morgan fingerprint density at radius 2 is 2.30 bits per heavy atom. The van der Waals surface area contributed by atoms with Crippen molar-refractivity contribution >= 4 is 27.3 Å². The van der Waals surface area contributed by atoms with Crippen LogP contribution in [0.25, 0.3) is 0 Å². The zero-order chi connectivity index (χ0) is 7.72. The number of aryl methyl sites for hydroxylation is 1. The molecule has 1 nitrogen and oxygen atoms in total. The molecular formula is C7H9BrOS. The highest BCUT2D eigenvalue weighted by Crippen LogP contribution is 2.31. The normalized spacial score (nSPS) is 13.6. The Kier molecular flexibility index (Phi) is 2.50. The van der Waals surface area contributed by atoms with Gasteiger partial charge in [0, 0.05) is 14.2 Å². The second kappa shape index (κ2) is 3.03. The first kappa shape index (κ1) is 8.24. The summed E-state index contributed by atoms with van der Waals surface area (Å²) in [6.07, 6.45) is -0.354. The van der Waals surface area contributed by atoms with E-state index in [0.717, 1.165) is 9.35 Å². The minimum Gasteiger partial charge on any atom is -0.388 e. The molecule has 3 heteroatoms. The van der Waals surface area contributed by atoms with E-state index in [2.05, 4.69) is 15.9 Å². The monoisotopic (exact) mass is 220 g/mol. The quantitative estimate of drug-likeness (QED) is 0.773. The number of halogens is 1. The van der Waals surface area contributed by atoms with Crippen LogP contribution in [0, 0.1) is 6.92 Å². The molecule has 0 saturated heterocycles. The summed E-state index contributed by atoms with van der Waals surface area (Å²) in [4.78, 5) is 2.24. The van der Waals surface area contributed by atoms with Crippen molar-refractivity contribution in [2.45, 2.75) is 20.0 Å². The fourth-order valence-electron chi connectivity index (χ4n) is 0.786. The molecule has 0 amide bonds. The molecule has 56 valence electrons. The Balaban J connectivity index is 3.03. The zero-order valence-corrected chi connectivity index (χ0v) is 8.29. The van der Waals surface area contributed by atoms with Crippen molar-refractivity contribution in [2.75, 3.05) is 0 Å². The van der Waals surface area contributed by atoms with Crippen LogP contribution in [-0.4, -0.2) is 5.11 Å². The molecule has 1 rings (SSSR count). The van der Waals surface area contributed by atoms with E-state index in [1.807, 2.05) is 13.0 Å². The van der Waals surface area contributed by atoms with Crippen LogP contribution in [-0.2, 0) is 0 Å². The van der Waals surface area contributed by atoms with Crippen LogP contribution in [0.15, 0.2) is 10.5 Å². The molecule has 0 aliphatic carbocycles. The van der Waals surface area contributed by atoms with E-state index in [0.29, 0.717) is 0 Å². The summed E-state index contributed by atoms with van der Waals surface area (Å²) >= 11 is 4.99. The summed E-state index contributed by atoms with van der Waals surface area (Å²) in [5.74, 6) is 0. The third kappa shape index (κ3) is 1.59. The number of aliphatic hydroxyl groups is 1. The number of hydrogen-bond acceptors (Lipinski definition) is 2. The molecule has 1 N–H and O–H groups in total. The van der Waals surface area contributed by atoms with Crippen molar-refractivity contribution in [3.8, 4) is 0 Å². The van der Waals surface area contributed by atoms with Crippen molar-refractivity contribution in [3.63, 3.8) is 0 Å². The van der Waals surface area contributed by atoms with E-state index < -0.39 is 0 Å². The average molecular weight is 221 g/mol. The molecule has 0 unspecified atom stereocenters. The van der Waals surface area contributed by atoms with Gasteiger partial charge in [-0.1, -0.05) is 0 Å². The van der Waals surface area contributed by atoms with Crippen LogP contribution >= 0.6 is 27.3 Å². The van der Waals surface area contributed by atoms with Gasteiger partial charge < -0.3 is 5.11 Å². The number of hydrogen-bond donors (Lipinski definition) is 1. The fourth-order valence-corrected chi connectivity index (χ4v) is 2.71. The first-order chi connectivity index (χ1) is 4.61. The molecular weight excluding hydrogens is 212 g/mol. The molecule has 1 aromatic heterocycles. The summed E-state index contributed by atoms with van der Waals surface area (Å²) in [5, 5.41) is 9.20. The predicted octanol–water partition coefficient (Wildman–Crippen LogP) is 2.87. The third-order valence-corrected chi connectivity index (χ3v) is 3.36. The highest BCUT2D eigenvalue weighted by molar-refractivity contribution is 9.10. The number of aliphatic hydroxyl groups excluding tert-OH is 1. The molecule has 0 fully saturated rings. The Hall–Kier alpha value is 0.140. The molecule has 0 aliphatic rings. The Morgan fingerprint density at radius 3 is 2.50 bits per heavy atom. The van der Waals surface area contributed by atoms with Gasteiger partial charge in [-0.15, -0.1) is 11.3 Å². The van der Waals surface area contributed by atoms with Crippen molar-refractivity contribution in [1.82, 2.24) is 0 Å². The Bertz CT molecular complexity index is 230. The zero-order valence-electron chi connectivity index (χ0n) is 5.89. The minimum atomic E-state index is -0.354. The van der Waals surface area contributed by atoms with Gasteiger partial charge in [0.05, 0.1) is 6.10 Å². The van der Waals surface area contributed by atoms with Gasteiger partial charge in [0.2, 0.25) is 0 Å². The first-order valence-electron chi connectivity index (χ1n) is 3.05. The van der Waals surface area contributed by atoms with Crippen molar-refractivity contribution in [2.24, 2.45) is 0 Å². The number of thiophene rings is 1. The van der Waals surface area contributed by atoms with E-state index in [1.54, 1.807) is 18.3 Å². The van der Waals surface area contributed by atoms with Crippen molar-refractivity contribution < 1.29 is 5.11 Å².